The van der Waals surface area contributed by atoms with E-state index in [-0.39, 0.29) is 48.9 Å². The molecule has 1 saturated carbocycles. The number of ether oxygens (including phenoxy) is 1. The van der Waals surface area contributed by atoms with Crippen molar-refractivity contribution in [3.05, 3.63) is 0 Å². The second-order valence-electron chi connectivity index (χ2n) is 8.32. The number of carbonyl (C=O) groups excluding carboxylic acids is 1. The lowest BCUT2D eigenvalue weighted by atomic mass is 9.85. The Morgan fingerprint density at radius 3 is 2.21 bits per heavy atom. The van der Waals surface area contributed by atoms with Gasteiger partial charge in [0.15, 0.2) is 5.96 Å². The van der Waals surface area contributed by atoms with E-state index in [9.17, 15) is 18.0 Å². The second kappa shape index (κ2) is 12.7. The van der Waals surface area contributed by atoms with Crippen LogP contribution in [0.2, 0.25) is 0 Å². The van der Waals surface area contributed by atoms with Crippen molar-refractivity contribution in [2.75, 3.05) is 13.6 Å². The van der Waals surface area contributed by atoms with Crippen molar-refractivity contribution in [3.8, 4) is 0 Å². The van der Waals surface area contributed by atoms with Gasteiger partial charge in [0.1, 0.15) is 5.60 Å². The quantitative estimate of drug-likeness (QED) is 0.264. The van der Waals surface area contributed by atoms with Gasteiger partial charge >= 0.3 is 12.3 Å². The standard InChI is InChI=1S/C19H35F3N4O2.HI/c1-6-7-15(26-17(27)28-18(2,3)4)12-24-16(23-5)25-14-10-8-13(9-11-14)19(20,21)22;/h13-15H,6-12H2,1-5H3,(H,26,27)(H2,23,24,25);1H. The lowest BCUT2D eigenvalue weighted by Crippen LogP contribution is -2.50. The van der Waals surface area contributed by atoms with E-state index in [1.54, 1.807) is 27.8 Å². The largest absolute Gasteiger partial charge is 0.444 e. The van der Waals surface area contributed by atoms with Crippen LogP contribution in [0.5, 0.6) is 0 Å². The molecule has 1 unspecified atom stereocenters. The molecule has 172 valence electrons. The molecular weight excluding hydrogens is 500 g/mol. The number of aliphatic imine (C=N–C) groups is 1. The molecule has 1 fully saturated rings. The van der Waals surface area contributed by atoms with Gasteiger partial charge in [-0.3, -0.25) is 4.99 Å². The van der Waals surface area contributed by atoms with Gasteiger partial charge in [0, 0.05) is 25.7 Å². The van der Waals surface area contributed by atoms with Crippen LogP contribution in [0.15, 0.2) is 4.99 Å². The maximum atomic E-state index is 12.8. The highest BCUT2D eigenvalue weighted by molar-refractivity contribution is 14.0. The predicted octanol–water partition coefficient (Wildman–Crippen LogP) is 4.58. The molecule has 1 rings (SSSR count). The number of rotatable bonds is 6. The second-order valence-corrected chi connectivity index (χ2v) is 8.32. The summed E-state index contributed by atoms with van der Waals surface area (Å²) in [5.41, 5.74) is -0.568. The number of amides is 1. The molecule has 1 aliphatic rings. The maximum absolute atomic E-state index is 12.8. The van der Waals surface area contributed by atoms with E-state index in [2.05, 4.69) is 20.9 Å². The van der Waals surface area contributed by atoms with Gasteiger partial charge in [-0.1, -0.05) is 13.3 Å². The minimum atomic E-state index is -4.11. The molecule has 6 nitrogen and oxygen atoms in total. The van der Waals surface area contributed by atoms with Crippen molar-refractivity contribution in [1.29, 1.82) is 0 Å². The number of alkyl halides is 3. The summed E-state index contributed by atoms with van der Waals surface area (Å²) in [5, 5.41) is 9.20. The van der Waals surface area contributed by atoms with E-state index in [1.165, 1.54) is 0 Å². The van der Waals surface area contributed by atoms with Gasteiger partial charge in [-0.25, -0.2) is 4.79 Å². The van der Waals surface area contributed by atoms with E-state index in [4.69, 9.17) is 4.74 Å². The average molecular weight is 536 g/mol. The highest BCUT2D eigenvalue weighted by Crippen LogP contribution is 2.37. The normalized spacial score (nSPS) is 21.6. The zero-order valence-electron chi connectivity index (χ0n) is 18.0. The SMILES string of the molecule is CCCC(CNC(=NC)NC1CCC(C(F)(F)F)CC1)NC(=O)OC(C)(C)C.I. The Bertz CT molecular complexity index is 517. The third-order valence-electron chi connectivity index (χ3n) is 4.63. The molecule has 1 aliphatic carbocycles. The van der Waals surface area contributed by atoms with Crippen molar-refractivity contribution < 1.29 is 22.7 Å². The number of hydrogen-bond donors (Lipinski definition) is 3. The Kier molecular flexibility index (Phi) is 12.3. The Hall–Kier alpha value is -0.940. The first-order chi connectivity index (χ1) is 12.9. The molecule has 3 N–H and O–H groups in total. The molecule has 10 heteroatoms. The summed E-state index contributed by atoms with van der Waals surface area (Å²) < 4.78 is 43.6. The molecular formula is C19H36F3IN4O2. The van der Waals surface area contributed by atoms with Crippen LogP contribution in [0.4, 0.5) is 18.0 Å². The molecule has 0 radical (unpaired) electrons. The number of carbonyl (C=O) groups is 1. The molecule has 0 aliphatic heterocycles. The maximum Gasteiger partial charge on any atom is 0.407 e. The van der Waals surface area contributed by atoms with Crippen LogP contribution in [-0.4, -0.2) is 49.5 Å². The van der Waals surface area contributed by atoms with Crippen LogP contribution < -0.4 is 16.0 Å². The topological polar surface area (TPSA) is 74.8 Å². The van der Waals surface area contributed by atoms with Gasteiger partial charge in [-0.15, -0.1) is 24.0 Å². The number of guanidine groups is 1. The van der Waals surface area contributed by atoms with Gasteiger partial charge < -0.3 is 20.7 Å². The van der Waals surface area contributed by atoms with E-state index < -0.39 is 23.8 Å². The molecule has 0 aromatic carbocycles. The van der Waals surface area contributed by atoms with E-state index in [0.29, 0.717) is 25.3 Å². The van der Waals surface area contributed by atoms with E-state index in [1.807, 2.05) is 6.92 Å². The summed E-state index contributed by atoms with van der Waals surface area (Å²) in [4.78, 5) is 16.1. The van der Waals surface area contributed by atoms with Crippen LogP contribution in [-0.2, 0) is 4.74 Å². The number of nitrogens with zero attached hydrogens (tertiary/aromatic N) is 1. The first kappa shape index (κ1) is 28.1. The molecule has 0 spiro atoms. The highest BCUT2D eigenvalue weighted by Gasteiger charge is 2.41. The van der Waals surface area contributed by atoms with Crippen LogP contribution >= 0.6 is 24.0 Å². The van der Waals surface area contributed by atoms with Crippen molar-refractivity contribution in [2.45, 2.75) is 90.1 Å². The highest BCUT2D eigenvalue weighted by atomic mass is 127. The number of nitrogens with one attached hydrogen (secondary N) is 3. The molecule has 1 amide bonds. The Labute approximate surface area is 189 Å². The lowest BCUT2D eigenvalue weighted by molar-refractivity contribution is -0.182. The van der Waals surface area contributed by atoms with Gasteiger partial charge in [0.2, 0.25) is 0 Å². The number of hydrogen-bond acceptors (Lipinski definition) is 3. The first-order valence-electron chi connectivity index (χ1n) is 9.98. The molecule has 1 atom stereocenters. The smallest absolute Gasteiger partial charge is 0.407 e. The van der Waals surface area contributed by atoms with E-state index in [0.717, 1.165) is 12.8 Å². The van der Waals surface area contributed by atoms with Crippen LogP contribution in [0.1, 0.15) is 66.2 Å². The monoisotopic (exact) mass is 536 g/mol. The fourth-order valence-corrected chi connectivity index (χ4v) is 3.22. The fourth-order valence-electron chi connectivity index (χ4n) is 3.22. The average Bonchev–Trinajstić information content (AvgIpc) is 2.56. The summed E-state index contributed by atoms with van der Waals surface area (Å²) in [6.07, 6.45) is -1.74. The van der Waals surface area contributed by atoms with Gasteiger partial charge in [0.25, 0.3) is 0 Å². The predicted molar refractivity (Wildman–Crippen MR) is 120 cm³/mol. The summed E-state index contributed by atoms with van der Waals surface area (Å²) >= 11 is 0. The molecule has 0 saturated heterocycles. The minimum Gasteiger partial charge on any atom is -0.444 e. The summed E-state index contributed by atoms with van der Waals surface area (Å²) in [5.74, 6) is -0.671. The lowest BCUT2D eigenvalue weighted by Gasteiger charge is -2.31. The zero-order chi connectivity index (χ0) is 21.4. The Morgan fingerprint density at radius 2 is 1.76 bits per heavy atom. The summed E-state index contributed by atoms with van der Waals surface area (Å²) in [6.45, 7) is 7.89. The van der Waals surface area contributed by atoms with Crippen molar-refractivity contribution in [2.24, 2.45) is 10.9 Å². The molecule has 29 heavy (non-hydrogen) atoms. The van der Waals surface area contributed by atoms with Crippen LogP contribution in [0, 0.1) is 5.92 Å². The van der Waals surface area contributed by atoms with E-state index >= 15 is 0 Å². The third-order valence-corrected chi connectivity index (χ3v) is 4.63. The summed E-state index contributed by atoms with van der Waals surface area (Å²) in [7, 11) is 1.62. The van der Waals surface area contributed by atoms with Crippen molar-refractivity contribution in [1.82, 2.24) is 16.0 Å². The van der Waals surface area contributed by atoms with Gasteiger partial charge in [0.05, 0.1) is 5.92 Å². The fraction of sp³-hybridized carbons (Fsp3) is 0.895. The van der Waals surface area contributed by atoms with Gasteiger partial charge in [-0.2, -0.15) is 13.2 Å². The third kappa shape index (κ3) is 11.7. The zero-order valence-corrected chi connectivity index (χ0v) is 20.3. The number of halogens is 4. The molecule has 0 aromatic heterocycles. The van der Waals surface area contributed by atoms with Crippen molar-refractivity contribution >= 4 is 36.0 Å². The van der Waals surface area contributed by atoms with Crippen LogP contribution in [0.25, 0.3) is 0 Å². The van der Waals surface area contributed by atoms with Crippen molar-refractivity contribution in [3.63, 3.8) is 0 Å². The summed E-state index contributed by atoms with van der Waals surface area (Å²) in [6, 6.07) is -0.174. The van der Waals surface area contributed by atoms with Gasteiger partial charge in [-0.05, 0) is 52.9 Å². The van der Waals surface area contributed by atoms with Crippen LogP contribution in [0.3, 0.4) is 0 Å². The Balaban J connectivity index is 0.00000784. The molecule has 0 aromatic rings. The molecule has 0 heterocycles. The minimum absolute atomic E-state index is 0. The Morgan fingerprint density at radius 1 is 1.17 bits per heavy atom. The number of alkyl carbamates (subject to hydrolysis) is 1. The molecule has 0 bridgehead atoms. The first-order valence-corrected chi connectivity index (χ1v) is 9.98.